The second-order valence-electron chi connectivity index (χ2n) is 5.12. The van der Waals surface area contributed by atoms with E-state index in [1.165, 1.54) is 26.0 Å². The third-order valence-electron chi connectivity index (χ3n) is 3.24. The molecule has 4 heteroatoms. The molecule has 3 nitrogen and oxygen atoms in total. The van der Waals surface area contributed by atoms with Crippen molar-refractivity contribution >= 4 is 10.9 Å². The molecule has 0 aliphatic carbocycles. The molecule has 18 heavy (non-hydrogen) atoms. The standard InChI is InChI=1S/C14H16FNO2/c1-8-5-13(17)9-6-11(15)10(14(2,3)18)7-12(9)16(8)4/h5-7,18H,1-4H3. The molecule has 0 atom stereocenters. The summed E-state index contributed by atoms with van der Waals surface area (Å²) in [7, 11) is 1.81. The van der Waals surface area contributed by atoms with Crippen molar-refractivity contribution in [1.29, 1.82) is 0 Å². The lowest BCUT2D eigenvalue weighted by molar-refractivity contribution is 0.0747. The molecule has 0 aliphatic rings. The van der Waals surface area contributed by atoms with Gasteiger partial charge in [0.1, 0.15) is 5.82 Å². The molecule has 1 aromatic carbocycles. The zero-order chi connectivity index (χ0) is 13.7. The van der Waals surface area contributed by atoms with Gasteiger partial charge in [-0.25, -0.2) is 4.39 Å². The maximum absolute atomic E-state index is 13.9. The SMILES string of the molecule is Cc1cc(=O)c2cc(F)c(C(C)(C)O)cc2n1C. The average molecular weight is 249 g/mol. The van der Waals surface area contributed by atoms with Crippen molar-refractivity contribution in [3.8, 4) is 0 Å². The van der Waals surface area contributed by atoms with Crippen LogP contribution in [0.2, 0.25) is 0 Å². The van der Waals surface area contributed by atoms with Gasteiger partial charge in [-0.3, -0.25) is 4.79 Å². The molecular formula is C14H16FNO2. The molecule has 0 spiro atoms. The minimum absolute atomic E-state index is 0.190. The second-order valence-corrected chi connectivity index (χ2v) is 5.12. The van der Waals surface area contributed by atoms with Crippen molar-refractivity contribution in [3.05, 3.63) is 45.5 Å². The van der Waals surface area contributed by atoms with Gasteiger partial charge in [-0.05, 0) is 32.9 Å². The highest BCUT2D eigenvalue weighted by Crippen LogP contribution is 2.26. The number of pyridine rings is 1. The Kier molecular flexibility index (Phi) is 2.78. The summed E-state index contributed by atoms with van der Waals surface area (Å²) in [6.07, 6.45) is 0. The minimum Gasteiger partial charge on any atom is -0.386 e. The van der Waals surface area contributed by atoms with Gasteiger partial charge in [0.15, 0.2) is 5.43 Å². The van der Waals surface area contributed by atoms with Gasteiger partial charge in [-0.15, -0.1) is 0 Å². The van der Waals surface area contributed by atoms with Crippen LogP contribution in [-0.2, 0) is 12.6 Å². The number of hydrogen-bond acceptors (Lipinski definition) is 2. The average Bonchev–Trinajstić information content (AvgIpc) is 2.24. The number of rotatable bonds is 1. The predicted molar refractivity (Wildman–Crippen MR) is 69.1 cm³/mol. The summed E-state index contributed by atoms with van der Waals surface area (Å²) in [5.41, 5.74) is 0.120. The number of nitrogens with zero attached hydrogens (tertiary/aromatic N) is 1. The third-order valence-corrected chi connectivity index (χ3v) is 3.24. The Morgan fingerprint density at radius 3 is 2.44 bits per heavy atom. The summed E-state index contributed by atoms with van der Waals surface area (Å²) in [6, 6.07) is 4.22. The van der Waals surface area contributed by atoms with Gasteiger partial charge in [0.05, 0.1) is 11.1 Å². The van der Waals surface area contributed by atoms with E-state index in [4.69, 9.17) is 0 Å². The highest BCUT2D eigenvalue weighted by atomic mass is 19.1. The van der Waals surface area contributed by atoms with Crippen LogP contribution in [0.3, 0.4) is 0 Å². The van der Waals surface area contributed by atoms with Gasteiger partial charge in [-0.2, -0.15) is 0 Å². The van der Waals surface area contributed by atoms with Gasteiger partial charge in [-0.1, -0.05) is 0 Å². The molecule has 0 amide bonds. The monoisotopic (exact) mass is 249 g/mol. The van der Waals surface area contributed by atoms with Gasteiger partial charge in [0.2, 0.25) is 0 Å². The lowest BCUT2D eigenvalue weighted by Gasteiger charge is -2.20. The summed E-state index contributed by atoms with van der Waals surface area (Å²) in [6.45, 7) is 4.85. The largest absolute Gasteiger partial charge is 0.386 e. The van der Waals surface area contributed by atoms with E-state index in [1.807, 2.05) is 18.5 Å². The molecule has 0 saturated carbocycles. The maximum atomic E-state index is 13.9. The van der Waals surface area contributed by atoms with Crippen LogP contribution in [0.1, 0.15) is 25.1 Å². The number of aryl methyl sites for hydroxylation is 2. The number of aliphatic hydroxyl groups is 1. The minimum atomic E-state index is -1.28. The third kappa shape index (κ3) is 1.93. The van der Waals surface area contributed by atoms with Crippen molar-refractivity contribution in [1.82, 2.24) is 4.57 Å². The number of halogens is 1. The molecule has 0 fully saturated rings. The first kappa shape index (κ1) is 12.8. The van der Waals surface area contributed by atoms with Crippen molar-refractivity contribution in [3.63, 3.8) is 0 Å². The van der Waals surface area contributed by atoms with E-state index in [0.29, 0.717) is 10.9 Å². The number of benzene rings is 1. The van der Waals surface area contributed by atoms with Gasteiger partial charge < -0.3 is 9.67 Å². The van der Waals surface area contributed by atoms with Crippen LogP contribution in [0.4, 0.5) is 4.39 Å². The first-order valence-electron chi connectivity index (χ1n) is 5.74. The molecule has 1 heterocycles. The molecule has 0 radical (unpaired) electrons. The lowest BCUT2D eigenvalue weighted by atomic mass is 9.96. The normalized spacial score (nSPS) is 12.1. The van der Waals surface area contributed by atoms with Crippen molar-refractivity contribution in [2.75, 3.05) is 0 Å². The Morgan fingerprint density at radius 1 is 1.28 bits per heavy atom. The lowest BCUT2D eigenvalue weighted by Crippen LogP contribution is -2.19. The van der Waals surface area contributed by atoms with Crippen LogP contribution in [0.15, 0.2) is 23.0 Å². The number of hydrogen-bond donors (Lipinski definition) is 1. The Bertz CT molecular complexity index is 681. The predicted octanol–water partition coefficient (Wildman–Crippen LogP) is 2.21. The summed E-state index contributed by atoms with van der Waals surface area (Å²) in [5.74, 6) is -0.559. The molecule has 1 aromatic heterocycles. The molecule has 0 bridgehead atoms. The van der Waals surface area contributed by atoms with E-state index in [9.17, 15) is 14.3 Å². The zero-order valence-corrected chi connectivity index (χ0v) is 10.9. The summed E-state index contributed by atoms with van der Waals surface area (Å²) in [4.78, 5) is 11.8. The van der Waals surface area contributed by atoms with Crippen LogP contribution >= 0.6 is 0 Å². The quantitative estimate of drug-likeness (QED) is 0.842. The Morgan fingerprint density at radius 2 is 1.89 bits per heavy atom. The highest BCUT2D eigenvalue weighted by Gasteiger charge is 2.22. The van der Waals surface area contributed by atoms with Gasteiger partial charge >= 0.3 is 0 Å². The first-order chi connectivity index (χ1) is 8.21. The summed E-state index contributed by atoms with van der Waals surface area (Å²) < 4.78 is 15.7. The molecule has 96 valence electrons. The second kappa shape index (κ2) is 3.92. The van der Waals surface area contributed by atoms with E-state index in [2.05, 4.69) is 0 Å². The molecule has 0 aliphatic heterocycles. The molecule has 0 unspecified atom stereocenters. The molecular weight excluding hydrogens is 233 g/mol. The highest BCUT2D eigenvalue weighted by molar-refractivity contribution is 5.80. The summed E-state index contributed by atoms with van der Waals surface area (Å²) >= 11 is 0. The van der Waals surface area contributed by atoms with Crippen LogP contribution < -0.4 is 5.43 Å². The van der Waals surface area contributed by atoms with Crippen LogP contribution in [0, 0.1) is 12.7 Å². The van der Waals surface area contributed by atoms with Crippen LogP contribution in [0.25, 0.3) is 10.9 Å². The molecule has 2 aromatic rings. The fourth-order valence-corrected chi connectivity index (χ4v) is 2.06. The fraction of sp³-hybridized carbons (Fsp3) is 0.357. The van der Waals surface area contributed by atoms with Crippen molar-refractivity contribution in [2.24, 2.45) is 7.05 Å². The van der Waals surface area contributed by atoms with E-state index in [0.717, 1.165) is 5.69 Å². The van der Waals surface area contributed by atoms with E-state index >= 15 is 0 Å². The molecule has 0 saturated heterocycles. The molecule has 2 rings (SSSR count). The maximum Gasteiger partial charge on any atom is 0.189 e. The first-order valence-corrected chi connectivity index (χ1v) is 5.74. The van der Waals surface area contributed by atoms with Crippen LogP contribution in [0.5, 0.6) is 0 Å². The number of fused-ring (bicyclic) bond motifs is 1. The Balaban J connectivity index is 2.95. The number of aromatic nitrogens is 1. The van der Waals surface area contributed by atoms with Crippen LogP contribution in [-0.4, -0.2) is 9.67 Å². The smallest absolute Gasteiger partial charge is 0.189 e. The topological polar surface area (TPSA) is 42.2 Å². The van der Waals surface area contributed by atoms with Gasteiger partial charge in [0, 0.05) is 29.8 Å². The fourth-order valence-electron chi connectivity index (χ4n) is 2.06. The van der Waals surface area contributed by atoms with E-state index in [1.54, 1.807) is 6.07 Å². The zero-order valence-electron chi connectivity index (χ0n) is 10.9. The van der Waals surface area contributed by atoms with E-state index < -0.39 is 11.4 Å². The van der Waals surface area contributed by atoms with E-state index in [-0.39, 0.29) is 11.0 Å². The van der Waals surface area contributed by atoms with Crippen molar-refractivity contribution < 1.29 is 9.50 Å². The van der Waals surface area contributed by atoms with Gasteiger partial charge in [0.25, 0.3) is 0 Å². The van der Waals surface area contributed by atoms with Crippen molar-refractivity contribution in [2.45, 2.75) is 26.4 Å². The summed E-state index contributed by atoms with van der Waals surface area (Å²) in [5, 5.41) is 10.3. The molecule has 1 N–H and O–H groups in total. The Hall–Kier alpha value is -1.68. The Labute approximate surface area is 104 Å².